The van der Waals surface area contributed by atoms with Gasteiger partial charge in [-0.25, -0.2) is 0 Å². The molecule has 3 amide bonds. The average Bonchev–Trinajstić information content (AvgIpc) is 3.25. The third kappa shape index (κ3) is 7.30. The van der Waals surface area contributed by atoms with Gasteiger partial charge in [0, 0.05) is 35.4 Å². The van der Waals surface area contributed by atoms with Gasteiger partial charge >= 0.3 is 0 Å². The Balaban J connectivity index is 1.24. The Morgan fingerprint density at radius 3 is 2.40 bits per heavy atom. The van der Waals surface area contributed by atoms with Gasteiger partial charge in [-0.1, -0.05) is 30.3 Å². The molecular formula is C31H29BrIN3O5S. The number of nitrogens with zero attached hydrogens (tertiary/aromatic N) is 3. The minimum Gasteiger partial charge on any atom is -0.490 e. The van der Waals surface area contributed by atoms with E-state index in [9.17, 15) is 14.4 Å². The summed E-state index contributed by atoms with van der Waals surface area (Å²) in [7, 11) is 0. The molecule has 0 aromatic heterocycles. The predicted octanol–water partition coefficient (Wildman–Crippen LogP) is 6.42. The number of rotatable bonds is 9. The number of hydrogen-bond donors (Lipinski definition) is 0. The van der Waals surface area contributed by atoms with Gasteiger partial charge in [0.1, 0.15) is 13.2 Å². The lowest BCUT2D eigenvalue weighted by atomic mass is 10.1. The third-order valence-corrected chi connectivity index (χ3v) is 9.06. The van der Waals surface area contributed by atoms with E-state index in [1.807, 2.05) is 67.6 Å². The van der Waals surface area contributed by atoms with Crippen LogP contribution in [0.5, 0.6) is 11.5 Å². The molecule has 8 nitrogen and oxygen atoms in total. The van der Waals surface area contributed by atoms with Crippen molar-refractivity contribution in [2.45, 2.75) is 13.5 Å². The number of imide groups is 1. The lowest BCUT2D eigenvalue weighted by Gasteiger charge is -2.36. The summed E-state index contributed by atoms with van der Waals surface area (Å²) in [5, 5.41) is -0.455. The van der Waals surface area contributed by atoms with E-state index in [2.05, 4.69) is 43.4 Å². The Kier molecular flexibility index (Phi) is 10.1. The van der Waals surface area contributed by atoms with Crippen LogP contribution < -0.4 is 14.4 Å². The Morgan fingerprint density at radius 2 is 1.71 bits per heavy atom. The number of amides is 3. The summed E-state index contributed by atoms with van der Waals surface area (Å²) in [5.41, 5.74) is 2.81. The molecule has 2 heterocycles. The van der Waals surface area contributed by atoms with Crippen LogP contribution in [0.1, 0.15) is 18.1 Å². The molecule has 0 aliphatic carbocycles. The molecule has 2 aliphatic heterocycles. The molecule has 2 fully saturated rings. The zero-order chi connectivity index (χ0) is 29.6. The number of carbonyl (C=O) groups is 3. The van der Waals surface area contributed by atoms with Gasteiger partial charge in [0.25, 0.3) is 11.1 Å². The SMILES string of the molecule is CCOc1cc(/C=C2/SC(=O)N(CC(=O)N3CCN(c4ccccc4)CC3)C2=O)cc(Br)c1OCc1ccc(I)cc1. The fraction of sp³-hybridized carbons (Fsp3) is 0.258. The first kappa shape index (κ1) is 30.4. The smallest absolute Gasteiger partial charge is 0.294 e. The summed E-state index contributed by atoms with van der Waals surface area (Å²) in [5.74, 6) is 0.364. The van der Waals surface area contributed by atoms with Crippen molar-refractivity contribution in [3.8, 4) is 11.5 Å². The zero-order valence-corrected chi connectivity index (χ0v) is 27.5. The van der Waals surface area contributed by atoms with Gasteiger partial charge in [0.05, 0.1) is 16.0 Å². The van der Waals surface area contributed by atoms with Crippen LogP contribution >= 0.6 is 50.3 Å². The van der Waals surface area contributed by atoms with Crippen molar-refractivity contribution in [2.75, 3.05) is 44.2 Å². The fourth-order valence-electron chi connectivity index (χ4n) is 4.69. The Morgan fingerprint density at radius 1 is 1.00 bits per heavy atom. The number of thioether (sulfide) groups is 1. The number of piperazine rings is 1. The first-order valence-corrected chi connectivity index (χ1v) is 16.2. The maximum absolute atomic E-state index is 13.2. The molecule has 0 spiro atoms. The number of carbonyl (C=O) groups excluding carboxylic acids is 3. The minimum atomic E-state index is -0.477. The van der Waals surface area contributed by atoms with E-state index < -0.39 is 11.1 Å². The van der Waals surface area contributed by atoms with Gasteiger partial charge in [-0.05, 0) is 111 Å². The van der Waals surface area contributed by atoms with Gasteiger partial charge in [0.2, 0.25) is 5.91 Å². The highest BCUT2D eigenvalue weighted by Gasteiger charge is 2.37. The van der Waals surface area contributed by atoms with E-state index in [0.29, 0.717) is 60.9 Å². The van der Waals surface area contributed by atoms with Gasteiger partial charge in [-0.3, -0.25) is 19.3 Å². The van der Waals surface area contributed by atoms with Crippen molar-refractivity contribution >= 4 is 79.1 Å². The first-order valence-electron chi connectivity index (χ1n) is 13.5. The maximum Gasteiger partial charge on any atom is 0.294 e. The molecular weight excluding hydrogens is 733 g/mol. The first-order chi connectivity index (χ1) is 20.3. The summed E-state index contributed by atoms with van der Waals surface area (Å²) in [6.45, 7) is 4.85. The molecule has 5 rings (SSSR count). The van der Waals surface area contributed by atoms with Crippen LogP contribution in [0.4, 0.5) is 10.5 Å². The molecule has 0 atom stereocenters. The lowest BCUT2D eigenvalue weighted by molar-refractivity contribution is -0.136. The molecule has 2 aliphatic rings. The molecule has 0 saturated carbocycles. The minimum absolute atomic E-state index is 0.234. The molecule has 218 valence electrons. The van der Waals surface area contributed by atoms with Crippen LogP contribution in [0.15, 0.2) is 76.1 Å². The summed E-state index contributed by atoms with van der Waals surface area (Å²) >= 11 is 6.67. The van der Waals surface area contributed by atoms with Crippen molar-refractivity contribution in [3.05, 3.63) is 90.8 Å². The monoisotopic (exact) mass is 761 g/mol. The van der Waals surface area contributed by atoms with Crippen molar-refractivity contribution in [2.24, 2.45) is 0 Å². The van der Waals surface area contributed by atoms with Crippen molar-refractivity contribution in [3.63, 3.8) is 0 Å². The second-order valence-corrected chi connectivity index (χ2v) is 12.7. The highest BCUT2D eigenvalue weighted by Crippen LogP contribution is 2.40. The summed E-state index contributed by atoms with van der Waals surface area (Å²) < 4.78 is 13.7. The van der Waals surface area contributed by atoms with E-state index >= 15 is 0 Å². The Bertz CT molecular complexity index is 1490. The molecule has 2 saturated heterocycles. The standard InChI is InChI=1S/C31H29BrIN3O5S/c1-2-40-26-17-22(16-25(32)29(26)41-20-21-8-10-23(33)11-9-21)18-27-30(38)36(31(39)42-27)19-28(37)35-14-12-34(13-15-35)24-6-4-3-5-7-24/h3-11,16-18H,2,12-15,19-20H2,1H3/b27-18+. The van der Waals surface area contributed by atoms with E-state index in [1.165, 1.54) is 0 Å². The highest BCUT2D eigenvalue weighted by molar-refractivity contribution is 14.1. The largest absolute Gasteiger partial charge is 0.490 e. The fourth-order valence-corrected chi connectivity index (χ4v) is 6.46. The molecule has 42 heavy (non-hydrogen) atoms. The number of hydrogen-bond acceptors (Lipinski definition) is 7. The molecule has 0 bridgehead atoms. The Hall–Kier alpha value is -3.03. The van der Waals surface area contributed by atoms with Crippen LogP contribution in [0.2, 0.25) is 0 Å². The molecule has 11 heteroatoms. The second-order valence-electron chi connectivity index (χ2n) is 9.65. The average molecular weight is 762 g/mol. The van der Waals surface area contributed by atoms with E-state index in [0.717, 1.165) is 31.5 Å². The topological polar surface area (TPSA) is 79.4 Å². The number of halogens is 2. The normalized spacial score (nSPS) is 16.4. The van der Waals surface area contributed by atoms with Crippen molar-refractivity contribution in [1.29, 1.82) is 0 Å². The van der Waals surface area contributed by atoms with Crippen LogP contribution in [-0.4, -0.2) is 66.2 Å². The molecule has 0 unspecified atom stereocenters. The predicted molar refractivity (Wildman–Crippen MR) is 177 cm³/mol. The van der Waals surface area contributed by atoms with Crippen molar-refractivity contribution in [1.82, 2.24) is 9.80 Å². The number of para-hydroxylation sites is 1. The molecule has 3 aromatic carbocycles. The molecule has 3 aromatic rings. The van der Waals surface area contributed by atoms with Gasteiger partial charge in [-0.15, -0.1) is 0 Å². The summed E-state index contributed by atoms with van der Waals surface area (Å²) in [6.07, 6.45) is 1.64. The van der Waals surface area contributed by atoms with Gasteiger partial charge in [-0.2, -0.15) is 0 Å². The lowest BCUT2D eigenvalue weighted by Crippen LogP contribution is -2.51. The number of benzene rings is 3. The van der Waals surface area contributed by atoms with Gasteiger partial charge in [0.15, 0.2) is 11.5 Å². The van der Waals surface area contributed by atoms with Crippen molar-refractivity contribution < 1.29 is 23.9 Å². The molecule has 0 N–H and O–H groups in total. The quantitative estimate of drug-likeness (QED) is 0.184. The van der Waals surface area contributed by atoms with Crippen LogP contribution in [0.25, 0.3) is 6.08 Å². The van der Waals surface area contributed by atoms with Crippen LogP contribution in [-0.2, 0) is 16.2 Å². The van der Waals surface area contributed by atoms with Gasteiger partial charge < -0.3 is 19.3 Å². The zero-order valence-electron chi connectivity index (χ0n) is 22.9. The van der Waals surface area contributed by atoms with E-state index in [-0.39, 0.29) is 17.4 Å². The number of anilines is 1. The van der Waals surface area contributed by atoms with Crippen LogP contribution in [0, 0.1) is 3.57 Å². The summed E-state index contributed by atoms with van der Waals surface area (Å²) in [4.78, 5) is 44.2. The third-order valence-electron chi connectivity index (χ3n) is 6.85. The van der Waals surface area contributed by atoms with E-state index in [1.54, 1.807) is 17.0 Å². The summed E-state index contributed by atoms with van der Waals surface area (Å²) in [6, 6.07) is 21.7. The number of ether oxygens (including phenoxy) is 2. The highest BCUT2D eigenvalue weighted by atomic mass is 127. The second kappa shape index (κ2) is 14.0. The Labute approximate surface area is 271 Å². The maximum atomic E-state index is 13.2. The van der Waals surface area contributed by atoms with E-state index in [4.69, 9.17) is 9.47 Å². The van der Waals surface area contributed by atoms with Crippen LogP contribution in [0.3, 0.4) is 0 Å². The molecule has 0 radical (unpaired) electrons.